The summed E-state index contributed by atoms with van der Waals surface area (Å²) in [6, 6.07) is 7.50. The van der Waals surface area contributed by atoms with Crippen LogP contribution in [-0.4, -0.2) is 22.9 Å². The van der Waals surface area contributed by atoms with Crippen molar-refractivity contribution in [1.29, 1.82) is 0 Å². The number of ether oxygens (including phenoxy) is 1. The molecule has 102 valence electrons. The molecule has 2 aromatic rings. The lowest BCUT2D eigenvalue weighted by atomic mass is 10.1. The summed E-state index contributed by atoms with van der Waals surface area (Å²) in [5.41, 5.74) is 1.10. The van der Waals surface area contributed by atoms with Gasteiger partial charge in [-0.3, -0.25) is 4.68 Å². The topological polar surface area (TPSA) is 39.1 Å². The molecule has 1 N–H and O–H groups in total. The summed E-state index contributed by atoms with van der Waals surface area (Å²) in [5.74, 6) is 0.768. The second-order valence-electron chi connectivity index (χ2n) is 4.49. The fourth-order valence-corrected chi connectivity index (χ4v) is 2.28. The number of aromatic nitrogens is 2. The van der Waals surface area contributed by atoms with Gasteiger partial charge in [-0.2, -0.15) is 5.10 Å². The van der Waals surface area contributed by atoms with Gasteiger partial charge >= 0.3 is 0 Å². The van der Waals surface area contributed by atoms with Crippen LogP contribution in [0, 0.1) is 0 Å². The van der Waals surface area contributed by atoms with Gasteiger partial charge < -0.3 is 10.1 Å². The first-order valence-electron chi connectivity index (χ1n) is 6.18. The van der Waals surface area contributed by atoms with Crippen molar-refractivity contribution in [2.75, 3.05) is 7.05 Å². The van der Waals surface area contributed by atoms with Gasteiger partial charge in [0.2, 0.25) is 0 Å². The van der Waals surface area contributed by atoms with Gasteiger partial charge in [0.15, 0.2) is 0 Å². The third-order valence-electron chi connectivity index (χ3n) is 2.98. The molecule has 2 unspecified atom stereocenters. The lowest BCUT2D eigenvalue weighted by molar-refractivity contribution is 0.175. The summed E-state index contributed by atoms with van der Waals surface area (Å²) >= 11 is 5.95. The van der Waals surface area contributed by atoms with Crippen molar-refractivity contribution >= 4 is 11.6 Å². The summed E-state index contributed by atoms with van der Waals surface area (Å²) < 4.78 is 7.71. The molecule has 2 rings (SSSR count). The first-order valence-corrected chi connectivity index (χ1v) is 6.56. The Morgan fingerprint density at radius 1 is 1.42 bits per heavy atom. The SMILES string of the molecule is CNC(c1cnn(C)c1)C(C)Oc1cccc(Cl)c1. The fourth-order valence-electron chi connectivity index (χ4n) is 2.10. The van der Waals surface area contributed by atoms with Crippen molar-refractivity contribution in [3.05, 3.63) is 47.2 Å². The predicted octanol–water partition coefficient (Wildman–Crippen LogP) is 2.80. The van der Waals surface area contributed by atoms with Crippen molar-refractivity contribution in [2.45, 2.75) is 19.1 Å². The van der Waals surface area contributed by atoms with E-state index < -0.39 is 0 Å². The highest BCUT2D eigenvalue weighted by Gasteiger charge is 2.20. The van der Waals surface area contributed by atoms with Crippen LogP contribution in [0.2, 0.25) is 5.02 Å². The van der Waals surface area contributed by atoms with Crippen molar-refractivity contribution in [1.82, 2.24) is 15.1 Å². The van der Waals surface area contributed by atoms with Crippen LogP contribution in [0.15, 0.2) is 36.7 Å². The van der Waals surface area contributed by atoms with Crippen LogP contribution in [0.1, 0.15) is 18.5 Å². The van der Waals surface area contributed by atoms with E-state index >= 15 is 0 Å². The third kappa shape index (κ3) is 3.49. The van der Waals surface area contributed by atoms with Crippen molar-refractivity contribution < 1.29 is 4.74 Å². The predicted molar refractivity (Wildman–Crippen MR) is 76.6 cm³/mol. The van der Waals surface area contributed by atoms with Gasteiger partial charge in [0, 0.05) is 23.8 Å². The molecular formula is C14H18ClN3O. The van der Waals surface area contributed by atoms with Crippen molar-refractivity contribution in [3.8, 4) is 5.75 Å². The van der Waals surface area contributed by atoms with E-state index in [-0.39, 0.29) is 12.1 Å². The molecule has 1 aromatic heterocycles. The van der Waals surface area contributed by atoms with Crippen LogP contribution < -0.4 is 10.1 Å². The highest BCUT2D eigenvalue weighted by atomic mass is 35.5. The van der Waals surface area contributed by atoms with E-state index in [1.54, 1.807) is 4.68 Å². The molecule has 1 aromatic carbocycles. The molecule has 0 saturated carbocycles. The smallest absolute Gasteiger partial charge is 0.121 e. The van der Waals surface area contributed by atoms with Gasteiger partial charge in [-0.15, -0.1) is 0 Å². The summed E-state index contributed by atoms with van der Waals surface area (Å²) in [7, 11) is 3.81. The summed E-state index contributed by atoms with van der Waals surface area (Å²) in [6.45, 7) is 2.02. The highest BCUT2D eigenvalue weighted by molar-refractivity contribution is 6.30. The maximum Gasteiger partial charge on any atom is 0.121 e. The highest BCUT2D eigenvalue weighted by Crippen LogP contribution is 2.23. The monoisotopic (exact) mass is 279 g/mol. The van der Waals surface area contributed by atoms with E-state index in [0.29, 0.717) is 5.02 Å². The van der Waals surface area contributed by atoms with E-state index in [1.165, 1.54) is 0 Å². The molecule has 0 spiro atoms. The molecular weight excluding hydrogens is 262 g/mol. The first-order chi connectivity index (χ1) is 9.10. The molecule has 19 heavy (non-hydrogen) atoms. The quantitative estimate of drug-likeness (QED) is 0.915. The molecule has 0 amide bonds. The van der Waals surface area contributed by atoms with E-state index in [2.05, 4.69) is 10.4 Å². The Labute approximate surface area is 118 Å². The number of hydrogen-bond donors (Lipinski definition) is 1. The fraction of sp³-hybridized carbons (Fsp3) is 0.357. The largest absolute Gasteiger partial charge is 0.489 e. The average Bonchev–Trinajstić information content (AvgIpc) is 2.76. The molecule has 0 fully saturated rings. The second-order valence-corrected chi connectivity index (χ2v) is 4.93. The van der Waals surface area contributed by atoms with Gasteiger partial charge in [-0.05, 0) is 32.2 Å². The minimum atomic E-state index is -0.0346. The van der Waals surface area contributed by atoms with Crippen LogP contribution in [-0.2, 0) is 7.05 Å². The minimum Gasteiger partial charge on any atom is -0.489 e. The Morgan fingerprint density at radius 3 is 2.79 bits per heavy atom. The lowest BCUT2D eigenvalue weighted by Gasteiger charge is -2.23. The lowest BCUT2D eigenvalue weighted by Crippen LogP contribution is -2.31. The van der Waals surface area contributed by atoms with Gasteiger partial charge in [0.25, 0.3) is 0 Å². The van der Waals surface area contributed by atoms with Crippen molar-refractivity contribution in [2.24, 2.45) is 7.05 Å². The van der Waals surface area contributed by atoms with Gasteiger partial charge in [0.05, 0.1) is 12.2 Å². The van der Waals surface area contributed by atoms with Gasteiger partial charge in [-0.1, -0.05) is 17.7 Å². The normalized spacial score (nSPS) is 14.1. The zero-order valence-corrected chi connectivity index (χ0v) is 12.1. The molecule has 0 bridgehead atoms. The standard InChI is InChI=1S/C14H18ClN3O/c1-10(19-13-6-4-5-12(15)7-13)14(16-2)11-8-17-18(3)9-11/h4-10,14,16H,1-3H3. The molecule has 0 saturated heterocycles. The molecule has 0 radical (unpaired) electrons. The maximum atomic E-state index is 5.95. The Hall–Kier alpha value is -1.52. The average molecular weight is 280 g/mol. The van der Waals surface area contributed by atoms with E-state index in [0.717, 1.165) is 11.3 Å². The Balaban J connectivity index is 2.11. The number of rotatable bonds is 5. The summed E-state index contributed by atoms with van der Waals surface area (Å²) in [4.78, 5) is 0. The van der Waals surface area contributed by atoms with Crippen molar-refractivity contribution in [3.63, 3.8) is 0 Å². The number of benzene rings is 1. The number of hydrogen-bond acceptors (Lipinski definition) is 3. The Kier molecular flexibility index (Phi) is 4.45. The molecule has 0 aliphatic heterocycles. The second kappa shape index (κ2) is 6.08. The molecule has 2 atom stereocenters. The Bertz CT molecular complexity index is 541. The summed E-state index contributed by atoms with van der Waals surface area (Å²) in [5, 5.41) is 8.12. The van der Waals surface area contributed by atoms with E-state index in [9.17, 15) is 0 Å². The maximum absolute atomic E-state index is 5.95. The first kappa shape index (κ1) is 13.9. The number of halogens is 1. The zero-order chi connectivity index (χ0) is 13.8. The molecule has 1 heterocycles. The van der Waals surface area contributed by atoms with Crippen LogP contribution in [0.4, 0.5) is 0 Å². The molecule has 0 aliphatic carbocycles. The van der Waals surface area contributed by atoms with Gasteiger partial charge in [-0.25, -0.2) is 0 Å². The Morgan fingerprint density at radius 2 is 2.21 bits per heavy atom. The van der Waals surface area contributed by atoms with Gasteiger partial charge in [0.1, 0.15) is 11.9 Å². The van der Waals surface area contributed by atoms with Crippen LogP contribution in [0.5, 0.6) is 5.75 Å². The number of nitrogens with one attached hydrogen (secondary N) is 1. The third-order valence-corrected chi connectivity index (χ3v) is 3.22. The molecule has 5 heteroatoms. The molecule has 0 aliphatic rings. The molecule has 4 nitrogen and oxygen atoms in total. The minimum absolute atomic E-state index is 0.0346. The number of aryl methyl sites for hydroxylation is 1. The van der Waals surface area contributed by atoms with E-state index in [4.69, 9.17) is 16.3 Å². The summed E-state index contributed by atoms with van der Waals surface area (Å²) in [6.07, 6.45) is 3.80. The van der Waals surface area contributed by atoms with Crippen LogP contribution >= 0.6 is 11.6 Å². The number of nitrogens with zero attached hydrogens (tertiary/aromatic N) is 2. The van der Waals surface area contributed by atoms with Crippen LogP contribution in [0.3, 0.4) is 0 Å². The number of likely N-dealkylation sites (N-methyl/N-ethyl adjacent to an activating group) is 1. The van der Waals surface area contributed by atoms with E-state index in [1.807, 2.05) is 57.7 Å². The van der Waals surface area contributed by atoms with Crippen LogP contribution in [0.25, 0.3) is 0 Å². The zero-order valence-electron chi connectivity index (χ0n) is 11.3.